The van der Waals surface area contributed by atoms with Crippen LogP contribution in [-0.2, 0) is 4.79 Å². The third-order valence-electron chi connectivity index (χ3n) is 3.43. The van der Waals surface area contributed by atoms with Crippen molar-refractivity contribution < 1.29 is 4.79 Å². The van der Waals surface area contributed by atoms with Gasteiger partial charge in [0, 0.05) is 4.47 Å². The van der Waals surface area contributed by atoms with Crippen LogP contribution in [0, 0.1) is 6.92 Å². The monoisotopic (exact) mass is 346 g/mol. The molecular formula is C17H19BrN2O. The van der Waals surface area contributed by atoms with E-state index in [1.807, 2.05) is 62.4 Å². The van der Waals surface area contributed by atoms with E-state index < -0.39 is 6.04 Å². The molecule has 0 heterocycles. The molecule has 0 aromatic heterocycles. The smallest absolute Gasteiger partial charge is 0.241 e. The molecule has 0 saturated carbocycles. The van der Waals surface area contributed by atoms with Crippen LogP contribution < -0.4 is 11.1 Å². The maximum atomic E-state index is 12.2. The molecule has 110 valence electrons. The zero-order chi connectivity index (χ0) is 15.4. The van der Waals surface area contributed by atoms with Gasteiger partial charge in [-0.05, 0) is 37.1 Å². The van der Waals surface area contributed by atoms with Gasteiger partial charge in [0.05, 0.1) is 6.04 Å². The van der Waals surface area contributed by atoms with Crippen LogP contribution in [0.4, 0.5) is 0 Å². The Morgan fingerprint density at radius 1 is 1.14 bits per heavy atom. The molecule has 0 spiro atoms. The number of nitrogens with two attached hydrogens (primary N) is 1. The number of hydrogen-bond acceptors (Lipinski definition) is 2. The van der Waals surface area contributed by atoms with Gasteiger partial charge in [-0.1, -0.05) is 57.9 Å². The third-order valence-corrected chi connectivity index (χ3v) is 3.92. The van der Waals surface area contributed by atoms with E-state index in [1.165, 1.54) is 0 Å². The summed E-state index contributed by atoms with van der Waals surface area (Å²) in [4.78, 5) is 12.2. The van der Waals surface area contributed by atoms with Crippen molar-refractivity contribution in [3.63, 3.8) is 0 Å². The van der Waals surface area contributed by atoms with Gasteiger partial charge in [-0.15, -0.1) is 0 Å². The van der Waals surface area contributed by atoms with Crippen molar-refractivity contribution in [1.82, 2.24) is 5.32 Å². The van der Waals surface area contributed by atoms with Crippen LogP contribution in [0.25, 0.3) is 0 Å². The lowest BCUT2D eigenvalue weighted by molar-refractivity contribution is -0.123. The number of amides is 1. The first kappa shape index (κ1) is 15.7. The van der Waals surface area contributed by atoms with Crippen molar-refractivity contribution in [2.24, 2.45) is 5.73 Å². The van der Waals surface area contributed by atoms with E-state index in [9.17, 15) is 4.79 Å². The zero-order valence-corrected chi connectivity index (χ0v) is 13.7. The molecule has 1 amide bonds. The van der Waals surface area contributed by atoms with E-state index in [0.29, 0.717) is 0 Å². The van der Waals surface area contributed by atoms with Crippen molar-refractivity contribution in [3.8, 4) is 0 Å². The van der Waals surface area contributed by atoms with Crippen LogP contribution >= 0.6 is 15.9 Å². The van der Waals surface area contributed by atoms with Gasteiger partial charge in [-0.3, -0.25) is 4.79 Å². The summed E-state index contributed by atoms with van der Waals surface area (Å²) < 4.78 is 0.990. The number of carbonyl (C=O) groups is 1. The molecule has 0 bridgehead atoms. The Hall–Kier alpha value is -1.65. The summed E-state index contributed by atoms with van der Waals surface area (Å²) in [6.07, 6.45) is 0. The number of rotatable bonds is 4. The average Bonchev–Trinajstić information content (AvgIpc) is 2.47. The second-order valence-electron chi connectivity index (χ2n) is 5.17. The van der Waals surface area contributed by atoms with Gasteiger partial charge in [0.25, 0.3) is 0 Å². The predicted octanol–water partition coefficient (Wildman–Crippen LogP) is 3.63. The van der Waals surface area contributed by atoms with Crippen molar-refractivity contribution in [2.75, 3.05) is 0 Å². The van der Waals surface area contributed by atoms with Gasteiger partial charge in [0.15, 0.2) is 0 Å². The van der Waals surface area contributed by atoms with Gasteiger partial charge < -0.3 is 11.1 Å². The molecule has 0 aliphatic heterocycles. The lowest BCUT2D eigenvalue weighted by Crippen LogP contribution is -2.35. The first-order chi connectivity index (χ1) is 9.97. The molecule has 1 unspecified atom stereocenters. The van der Waals surface area contributed by atoms with Gasteiger partial charge >= 0.3 is 0 Å². The molecule has 21 heavy (non-hydrogen) atoms. The van der Waals surface area contributed by atoms with Crippen LogP contribution in [0.1, 0.15) is 35.7 Å². The van der Waals surface area contributed by atoms with E-state index in [0.717, 1.165) is 21.2 Å². The van der Waals surface area contributed by atoms with Crippen LogP contribution in [-0.4, -0.2) is 5.91 Å². The van der Waals surface area contributed by atoms with Crippen molar-refractivity contribution >= 4 is 21.8 Å². The summed E-state index contributed by atoms with van der Waals surface area (Å²) >= 11 is 3.43. The maximum absolute atomic E-state index is 12.2. The lowest BCUT2D eigenvalue weighted by Gasteiger charge is -2.18. The van der Waals surface area contributed by atoms with Gasteiger partial charge in [0.2, 0.25) is 5.91 Å². The number of benzene rings is 2. The summed E-state index contributed by atoms with van der Waals surface area (Å²) in [6, 6.07) is 14.8. The SMILES string of the molecule is Cc1ccc(C(N)C(=O)N[C@@H](C)c2cccc(Br)c2)cc1. The number of hydrogen-bond donors (Lipinski definition) is 2. The predicted molar refractivity (Wildman–Crippen MR) is 88.8 cm³/mol. The molecule has 4 heteroatoms. The first-order valence-corrected chi connectivity index (χ1v) is 7.64. The molecule has 2 aromatic rings. The Morgan fingerprint density at radius 2 is 1.81 bits per heavy atom. The number of nitrogens with one attached hydrogen (secondary N) is 1. The van der Waals surface area contributed by atoms with Crippen LogP contribution in [0.2, 0.25) is 0 Å². The fourth-order valence-corrected chi connectivity index (χ4v) is 2.50. The molecule has 3 nitrogen and oxygen atoms in total. The van der Waals surface area contributed by atoms with E-state index >= 15 is 0 Å². The Balaban J connectivity index is 2.05. The largest absolute Gasteiger partial charge is 0.348 e. The van der Waals surface area contributed by atoms with Crippen molar-refractivity contribution in [3.05, 3.63) is 69.7 Å². The number of halogens is 1. The number of aryl methyl sites for hydroxylation is 1. The Morgan fingerprint density at radius 3 is 2.43 bits per heavy atom. The van der Waals surface area contributed by atoms with Crippen LogP contribution in [0.5, 0.6) is 0 Å². The van der Waals surface area contributed by atoms with Gasteiger partial charge in [0.1, 0.15) is 6.04 Å². The Kier molecular flexibility index (Phi) is 5.15. The second-order valence-corrected chi connectivity index (χ2v) is 6.09. The van der Waals surface area contributed by atoms with Gasteiger partial charge in [-0.25, -0.2) is 0 Å². The molecular weight excluding hydrogens is 328 g/mol. The minimum atomic E-state index is -0.653. The minimum Gasteiger partial charge on any atom is -0.348 e. The van der Waals surface area contributed by atoms with E-state index in [1.54, 1.807) is 0 Å². The topological polar surface area (TPSA) is 55.1 Å². The zero-order valence-electron chi connectivity index (χ0n) is 12.1. The highest BCUT2D eigenvalue weighted by atomic mass is 79.9. The fourth-order valence-electron chi connectivity index (χ4n) is 2.09. The first-order valence-electron chi connectivity index (χ1n) is 6.85. The molecule has 2 rings (SSSR count). The van der Waals surface area contributed by atoms with Crippen LogP contribution in [0.3, 0.4) is 0 Å². The van der Waals surface area contributed by atoms with Crippen LogP contribution in [0.15, 0.2) is 53.0 Å². The molecule has 0 aliphatic carbocycles. The fraction of sp³-hybridized carbons (Fsp3) is 0.235. The molecule has 0 radical (unpaired) electrons. The van der Waals surface area contributed by atoms with Crippen molar-refractivity contribution in [2.45, 2.75) is 25.9 Å². The van der Waals surface area contributed by atoms with Gasteiger partial charge in [-0.2, -0.15) is 0 Å². The maximum Gasteiger partial charge on any atom is 0.241 e. The molecule has 0 aliphatic rings. The molecule has 3 N–H and O–H groups in total. The van der Waals surface area contributed by atoms with E-state index in [2.05, 4.69) is 21.2 Å². The molecule has 2 atom stereocenters. The Bertz CT molecular complexity index is 625. The average molecular weight is 347 g/mol. The summed E-state index contributed by atoms with van der Waals surface area (Å²) in [7, 11) is 0. The summed E-state index contributed by atoms with van der Waals surface area (Å²) in [6.45, 7) is 3.95. The summed E-state index contributed by atoms with van der Waals surface area (Å²) in [5.41, 5.74) is 9.03. The number of carbonyl (C=O) groups excluding carboxylic acids is 1. The van der Waals surface area contributed by atoms with Crippen molar-refractivity contribution in [1.29, 1.82) is 0 Å². The normalized spacial score (nSPS) is 13.5. The molecule has 0 saturated heterocycles. The molecule has 0 fully saturated rings. The van der Waals surface area contributed by atoms with E-state index in [-0.39, 0.29) is 11.9 Å². The highest BCUT2D eigenvalue weighted by Crippen LogP contribution is 2.19. The minimum absolute atomic E-state index is 0.0912. The standard InChI is InChI=1S/C17H19BrN2O/c1-11-6-8-13(9-7-11)16(19)17(21)20-12(2)14-4-3-5-15(18)10-14/h3-10,12,16H,19H2,1-2H3,(H,20,21)/t12-,16?/m0/s1. The highest BCUT2D eigenvalue weighted by molar-refractivity contribution is 9.10. The highest BCUT2D eigenvalue weighted by Gasteiger charge is 2.18. The molecule has 2 aromatic carbocycles. The van der Waals surface area contributed by atoms with E-state index in [4.69, 9.17) is 5.73 Å². The second kappa shape index (κ2) is 6.87. The quantitative estimate of drug-likeness (QED) is 0.887. The summed E-state index contributed by atoms with van der Waals surface area (Å²) in [5, 5.41) is 2.95. The third kappa shape index (κ3) is 4.16. The Labute approximate surface area is 133 Å². The lowest BCUT2D eigenvalue weighted by atomic mass is 10.0. The summed E-state index contributed by atoms with van der Waals surface area (Å²) in [5.74, 6) is -0.175.